The summed E-state index contributed by atoms with van der Waals surface area (Å²) in [7, 11) is -0.476. The molecule has 0 spiro atoms. The Morgan fingerprint density at radius 1 is 0.889 bits per heavy atom. The Morgan fingerprint density at radius 2 is 1.60 bits per heavy atom. The molecule has 1 fully saturated rings. The summed E-state index contributed by atoms with van der Waals surface area (Å²) in [5.74, 6) is 0.827. The number of aromatic nitrogens is 2. The average molecular weight is 621 g/mol. The lowest BCUT2D eigenvalue weighted by Gasteiger charge is -2.33. The number of aliphatic imine (C=N–C) groups is 1. The van der Waals surface area contributed by atoms with Crippen LogP contribution < -0.4 is 10.6 Å². The molecule has 0 bridgehead atoms. The maximum absolute atomic E-state index is 12.9. The van der Waals surface area contributed by atoms with Crippen molar-refractivity contribution in [1.82, 2.24) is 18.8 Å². The number of anilines is 1. The number of amidine groups is 1. The van der Waals surface area contributed by atoms with Crippen LogP contribution in [-0.4, -0.2) is 60.2 Å². The summed E-state index contributed by atoms with van der Waals surface area (Å²) >= 11 is 0. The summed E-state index contributed by atoms with van der Waals surface area (Å²) in [5.41, 5.74) is 6.68. The van der Waals surface area contributed by atoms with Gasteiger partial charge in [-0.15, -0.1) is 0 Å². The lowest BCUT2D eigenvalue weighted by atomic mass is 10.0. The van der Waals surface area contributed by atoms with Crippen LogP contribution in [0, 0.1) is 0 Å². The van der Waals surface area contributed by atoms with Crippen molar-refractivity contribution in [3.05, 3.63) is 124 Å². The van der Waals surface area contributed by atoms with Crippen LogP contribution in [0.2, 0.25) is 0 Å². The minimum absolute atomic E-state index is 0.0282. The largest absolute Gasteiger partial charge is 0.326 e. The minimum Gasteiger partial charge on any atom is -0.321 e. The van der Waals surface area contributed by atoms with Gasteiger partial charge >= 0.3 is 5.69 Å². The molecular formula is C35H36N6O3S. The van der Waals surface area contributed by atoms with Gasteiger partial charge in [0.1, 0.15) is 5.84 Å². The van der Waals surface area contributed by atoms with E-state index in [0.29, 0.717) is 6.54 Å². The second-order valence-corrected chi connectivity index (χ2v) is 14.1. The summed E-state index contributed by atoms with van der Waals surface area (Å²) in [6.45, 7) is 3.18. The Morgan fingerprint density at radius 3 is 2.33 bits per heavy atom. The van der Waals surface area contributed by atoms with E-state index < -0.39 is 10.0 Å². The Kier molecular flexibility index (Phi) is 7.64. The number of hydrogen-bond acceptors (Lipinski definition) is 6. The maximum Gasteiger partial charge on any atom is 0.326 e. The molecule has 45 heavy (non-hydrogen) atoms. The first-order valence-electron chi connectivity index (χ1n) is 15.3. The lowest BCUT2D eigenvalue weighted by Crippen LogP contribution is -2.36. The van der Waals surface area contributed by atoms with Crippen LogP contribution in [0.1, 0.15) is 35.6 Å². The van der Waals surface area contributed by atoms with Crippen molar-refractivity contribution >= 4 is 38.3 Å². The van der Waals surface area contributed by atoms with Crippen molar-refractivity contribution in [2.45, 2.75) is 36.9 Å². The first-order chi connectivity index (χ1) is 21.8. The van der Waals surface area contributed by atoms with Gasteiger partial charge in [-0.2, -0.15) is 0 Å². The number of benzene rings is 4. The molecule has 10 heteroatoms. The Labute approximate surface area is 263 Å². The molecule has 0 atom stereocenters. The first-order valence-corrected chi connectivity index (χ1v) is 16.7. The summed E-state index contributed by atoms with van der Waals surface area (Å²) in [6, 6.07) is 31.9. The fourth-order valence-electron chi connectivity index (χ4n) is 6.42. The molecule has 3 heterocycles. The van der Waals surface area contributed by atoms with Gasteiger partial charge in [-0.1, -0.05) is 54.6 Å². The molecule has 7 rings (SSSR count). The summed E-state index contributed by atoms with van der Waals surface area (Å²) in [4.78, 5) is 25.6. The van der Waals surface area contributed by atoms with E-state index in [0.717, 1.165) is 71.8 Å². The highest BCUT2D eigenvalue weighted by Crippen LogP contribution is 2.34. The minimum atomic E-state index is -3.56. The van der Waals surface area contributed by atoms with Crippen LogP contribution in [0.3, 0.4) is 0 Å². The lowest BCUT2D eigenvalue weighted by molar-refractivity contribution is 0.180. The average Bonchev–Trinajstić information content (AvgIpc) is 3.40. The third-order valence-corrected chi connectivity index (χ3v) is 10.7. The normalized spacial score (nSPS) is 16.2. The van der Waals surface area contributed by atoms with E-state index in [2.05, 4.69) is 39.0 Å². The molecule has 0 unspecified atom stereocenters. The van der Waals surface area contributed by atoms with E-state index in [-0.39, 0.29) is 16.6 Å². The van der Waals surface area contributed by atoms with Crippen LogP contribution in [-0.2, 0) is 23.1 Å². The molecule has 1 aromatic heterocycles. The molecule has 2 aliphatic rings. The molecule has 1 saturated heterocycles. The smallest absolute Gasteiger partial charge is 0.321 e. The molecule has 230 valence electrons. The van der Waals surface area contributed by atoms with Crippen LogP contribution in [0.5, 0.6) is 0 Å². The van der Waals surface area contributed by atoms with Crippen molar-refractivity contribution in [3.63, 3.8) is 0 Å². The number of fused-ring (bicyclic) bond motifs is 2. The van der Waals surface area contributed by atoms with Gasteiger partial charge in [-0.25, -0.2) is 22.5 Å². The molecule has 2 aliphatic heterocycles. The highest BCUT2D eigenvalue weighted by Gasteiger charge is 2.27. The van der Waals surface area contributed by atoms with E-state index in [1.165, 1.54) is 9.87 Å². The number of rotatable bonds is 7. The van der Waals surface area contributed by atoms with Crippen LogP contribution in [0.15, 0.2) is 112 Å². The molecular weight excluding hydrogens is 584 g/mol. The second-order valence-electron chi connectivity index (χ2n) is 12.0. The van der Waals surface area contributed by atoms with E-state index in [1.807, 2.05) is 59.2 Å². The molecule has 0 aliphatic carbocycles. The number of para-hydroxylation sites is 2. The molecule has 0 saturated carbocycles. The standard InChI is InChI=1S/C35H36N6O3S/c1-38(2)45(43,44)30-16-17-31-27(22-30)24-40(34(36-31)26-8-4-3-5-9-26)28-14-12-25(13-15-28)23-39-20-18-29(19-21-39)41-33-11-7-6-10-32(33)37-35(41)42/h3-17,22,29H,18-21,23-24H2,1-2H3,(H,37,42). The highest BCUT2D eigenvalue weighted by molar-refractivity contribution is 7.89. The molecule has 5 aromatic rings. The summed E-state index contributed by atoms with van der Waals surface area (Å²) in [6.07, 6.45) is 1.85. The van der Waals surface area contributed by atoms with Crippen LogP contribution in [0.25, 0.3) is 11.0 Å². The summed E-state index contributed by atoms with van der Waals surface area (Å²) in [5, 5.41) is 0. The Bertz CT molecular complexity index is 2040. The SMILES string of the molecule is CN(C)S(=O)(=O)c1ccc2c(c1)CN(c1ccc(CN3CCC(n4c(=O)[nH]c5ccccc54)CC3)cc1)C(c1ccccc1)=N2. The predicted octanol–water partition coefficient (Wildman–Crippen LogP) is 5.52. The molecule has 1 N–H and O–H groups in total. The van der Waals surface area contributed by atoms with Gasteiger partial charge in [0.25, 0.3) is 0 Å². The van der Waals surface area contributed by atoms with Gasteiger partial charge in [-0.05, 0) is 66.4 Å². The first kappa shape index (κ1) is 29.2. The number of likely N-dealkylation sites (tertiary alicyclic amines) is 1. The number of H-pyrrole nitrogens is 1. The van der Waals surface area contributed by atoms with Crippen molar-refractivity contribution < 1.29 is 8.42 Å². The molecule has 0 radical (unpaired) electrons. The number of sulfonamides is 1. The van der Waals surface area contributed by atoms with E-state index in [4.69, 9.17) is 4.99 Å². The summed E-state index contributed by atoms with van der Waals surface area (Å²) < 4.78 is 28.9. The number of hydrogen-bond donors (Lipinski definition) is 1. The van der Waals surface area contributed by atoms with E-state index in [1.54, 1.807) is 32.3 Å². The highest BCUT2D eigenvalue weighted by atomic mass is 32.2. The maximum atomic E-state index is 12.9. The molecule has 4 aromatic carbocycles. The van der Waals surface area contributed by atoms with Gasteiger partial charge in [0.15, 0.2) is 0 Å². The van der Waals surface area contributed by atoms with Gasteiger partial charge < -0.3 is 9.88 Å². The number of piperidine rings is 1. The van der Waals surface area contributed by atoms with Crippen LogP contribution in [0.4, 0.5) is 11.4 Å². The van der Waals surface area contributed by atoms with Gasteiger partial charge in [0.05, 0.1) is 28.2 Å². The third-order valence-electron chi connectivity index (χ3n) is 8.87. The van der Waals surface area contributed by atoms with Gasteiger partial charge in [-0.3, -0.25) is 9.47 Å². The Balaban J connectivity index is 1.09. The van der Waals surface area contributed by atoms with Crippen LogP contribution >= 0.6 is 0 Å². The number of aromatic amines is 1. The van der Waals surface area contributed by atoms with Crippen molar-refractivity contribution in [2.24, 2.45) is 4.99 Å². The van der Waals surface area contributed by atoms with Gasteiger partial charge in [0.2, 0.25) is 10.0 Å². The topological polar surface area (TPSA) is 94.0 Å². The zero-order valence-electron chi connectivity index (χ0n) is 25.4. The van der Waals surface area contributed by atoms with Gasteiger partial charge in [0, 0.05) is 51.0 Å². The number of nitrogens with zero attached hydrogens (tertiary/aromatic N) is 5. The monoisotopic (exact) mass is 620 g/mol. The Hall–Kier alpha value is -4.51. The zero-order valence-corrected chi connectivity index (χ0v) is 26.2. The van der Waals surface area contributed by atoms with Crippen molar-refractivity contribution in [3.8, 4) is 0 Å². The third kappa shape index (κ3) is 5.61. The van der Waals surface area contributed by atoms with Crippen molar-refractivity contribution in [1.29, 1.82) is 0 Å². The van der Waals surface area contributed by atoms with E-state index in [9.17, 15) is 13.2 Å². The zero-order chi connectivity index (χ0) is 31.1. The fourth-order valence-corrected chi connectivity index (χ4v) is 7.37. The number of nitrogens with one attached hydrogen (secondary N) is 1. The molecule has 0 amide bonds. The van der Waals surface area contributed by atoms with Crippen molar-refractivity contribution in [2.75, 3.05) is 32.1 Å². The molecule has 9 nitrogen and oxygen atoms in total. The second kappa shape index (κ2) is 11.8. The fraction of sp³-hybridized carbons (Fsp3) is 0.257. The predicted molar refractivity (Wildman–Crippen MR) is 179 cm³/mol. The van der Waals surface area contributed by atoms with E-state index >= 15 is 0 Å². The quantitative estimate of drug-likeness (QED) is 0.259. The number of imidazole rings is 1.